The first-order valence-corrected chi connectivity index (χ1v) is 5.12. The van der Waals surface area contributed by atoms with Gasteiger partial charge < -0.3 is 4.90 Å². The molecule has 0 saturated heterocycles. The van der Waals surface area contributed by atoms with Crippen LogP contribution in [0.3, 0.4) is 0 Å². The van der Waals surface area contributed by atoms with Crippen LogP contribution in [0.25, 0.3) is 0 Å². The first-order chi connectivity index (χ1) is 7.09. The lowest BCUT2D eigenvalue weighted by atomic mass is 10.0. The van der Waals surface area contributed by atoms with Gasteiger partial charge in [-0.05, 0) is 42.5 Å². The molecule has 0 saturated carbocycles. The van der Waals surface area contributed by atoms with Crippen molar-refractivity contribution >= 4 is 5.91 Å². The lowest BCUT2D eigenvalue weighted by molar-refractivity contribution is 0.0827. The summed E-state index contributed by atoms with van der Waals surface area (Å²) in [6.07, 6.45) is 2.68. The van der Waals surface area contributed by atoms with E-state index >= 15 is 0 Å². The van der Waals surface area contributed by atoms with Gasteiger partial charge in [0.2, 0.25) is 0 Å². The third kappa shape index (κ3) is 1.74. The zero-order valence-corrected chi connectivity index (χ0v) is 9.01. The van der Waals surface area contributed by atoms with Gasteiger partial charge >= 0.3 is 0 Å². The van der Waals surface area contributed by atoms with Crippen molar-refractivity contribution in [2.45, 2.75) is 19.3 Å². The second kappa shape index (κ2) is 3.65. The molecule has 1 aliphatic rings. The van der Waals surface area contributed by atoms with Crippen molar-refractivity contribution in [2.24, 2.45) is 0 Å². The van der Waals surface area contributed by atoms with Crippen molar-refractivity contribution in [1.82, 2.24) is 4.90 Å². The number of fused-ring (bicyclic) bond motifs is 1. The van der Waals surface area contributed by atoms with Crippen LogP contribution in [0.4, 0.5) is 4.39 Å². The molecule has 2 rings (SSSR count). The number of amides is 1. The number of hydrogen-bond acceptors (Lipinski definition) is 1. The highest BCUT2D eigenvalue weighted by Gasteiger charge is 2.19. The molecule has 0 aliphatic heterocycles. The summed E-state index contributed by atoms with van der Waals surface area (Å²) in [5.74, 6) is -0.362. The molecule has 0 radical (unpaired) electrons. The molecule has 0 aromatic heterocycles. The van der Waals surface area contributed by atoms with Crippen molar-refractivity contribution in [3.63, 3.8) is 0 Å². The molecule has 0 N–H and O–H groups in total. The summed E-state index contributed by atoms with van der Waals surface area (Å²) in [5, 5.41) is 0. The predicted octanol–water partition coefficient (Wildman–Crippen LogP) is 2.02. The van der Waals surface area contributed by atoms with Gasteiger partial charge in [0.15, 0.2) is 0 Å². The van der Waals surface area contributed by atoms with Crippen molar-refractivity contribution in [1.29, 1.82) is 0 Å². The van der Waals surface area contributed by atoms with Crippen LogP contribution in [-0.2, 0) is 12.8 Å². The molecule has 0 heterocycles. The van der Waals surface area contributed by atoms with Crippen LogP contribution in [0, 0.1) is 5.82 Å². The number of rotatable bonds is 1. The molecule has 0 bridgehead atoms. The van der Waals surface area contributed by atoms with E-state index < -0.39 is 0 Å². The molecule has 0 spiro atoms. The molecule has 1 aromatic carbocycles. The summed E-state index contributed by atoms with van der Waals surface area (Å²) in [5.41, 5.74) is 2.25. The van der Waals surface area contributed by atoms with Crippen molar-refractivity contribution in [2.75, 3.05) is 14.1 Å². The molecule has 80 valence electrons. The summed E-state index contributed by atoms with van der Waals surface area (Å²) in [4.78, 5) is 13.1. The van der Waals surface area contributed by atoms with Gasteiger partial charge in [-0.1, -0.05) is 0 Å². The first kappa shape index (κ1) is 10.1. The van der Waals surface area contributed by atoms with E-state index in [0.717, 1.165) is 30.4 Å². The Hall–Kier alpha value is -1.38. The average Bonchev–Trinajstić information content (AvgIpc) is 2.64. The smallest absolute Gasteiger partial charge is 0.253 e. The van der Waals surface area contributed by atoms with E-state index in [1.54, 1.807) is 14.1 Å². The molecular weight excluding hydrogens is 193 g/mol. The van der Waals surface area contributed by atoms with E-state index in [0.29, 0.717) is 5.56 Å². The van der Waals surface area contributed by atoms with Crippen LogP contribution in [0.1, 0.15) is 27.9 Å². The standard InChI is InChI=1S/C12H14FNO/c1-14(2)12(15)9-6-8-4-3-5-10(8)11(13)7-9/h6-7H,3-5H2,1-2H3. The van der Waals surface area contributed by atoms with E-state index in [-0.39, 0.29) is 11.7 Å². The number of benzene rings is 1. The van der Waals surface area contributed by atoms with Crippen LogP contribution >= 0.6 is 0 Å². The molecule has 1 amide bonds. The highest BCUT2D eigenvalue weighted by atomic mass is 19.1. The Labute approximate surface area is 88.7 Å². The van der Waals surface area contributed by atoms with Gasteiger partial charge in [-0.25, -0.2) is 4.39 Å². The van der Waals surface area contributed by atoms with Gasteiger partial charge in [0.05, 0.1) is 0 Å². The number of hydrogen-bond donors (Lipinski definition) is 0. The Balaban J connectivity index is 2.44. The normalized spacial score (nSPS) is 13.8. The number of carbonyl (C=O) groups excluding carboxylic acids is 1. The summed E-state index contributed by atoms with van der Waals surface area (Å²) in [6.45, 7) is 0. The Morgan fingerprint density at radius 2 is 2.07 bits per heavy atom. The van der Waals surface area contributed by atoms with Crippen LogP contribution in [0.15, 0.2) is 12.1 Å². The minimum atomic E-state index is -0.227. The predicted molar refractivity (Wildman–Crippen MR) is 56.4 cm³/mol. The van der Waals surface area contributed by atoms with Crippen molar-refractivity contribution in [3.8, 4) is 0 Å². The maximum atomic E-state index is 13.6. The number of nitrogens with zero attached hydrogens (tertiary/aromatic N) is 1. The minimum absolute atomic E-state index is 0.136. The van der Waals surface area contributed by atoms with E-state index in [9.17, 15) is 9.18 Å². The highest BCUT2D eigenvalue weighted by Crippen LogP contribution is 2.26. The molecule has 2 nitrogen and oxygen atoms in total. The monoisotopic (exact) mass is 207 g/mol. The summed E-state index contributed by atoms with van der Waals surface area (Å²) >= 11 is 0. The topological polar surface area (TPSA) is 20.3 Å². The van der Waals surface area contributed by atoms with Gasteiger partial charge in [0.1, 0.15) is 5.82 Å². The molecule has 0 atom stereocenters. The quantitative estimate of drug-likeness (QED) is 0.690. The number of carbonyl (C=O) groups is 1. The third-order valence-corrected chi connectivity index (χ3v) is 2.81. The summed E-state index contributed by atoms with van der Waals surface area (Å²) < 4.78 is 13.6. The third-order valence-electron chi connectivity index (χ3n) is 2.81. The highest BCUT2D eigenvalue weighted by molar-refractivity contribution is 5.94. The second-order valence-corrected chi connectivity index (χ2v) is 4.15. The lowest BCUT2D eigenvalue weighted by Gasteiger charge is -2.11. The van der Waals surface area contributed by atoms with Crippen LogP contribution < -0.4 is 0 Å². The van der Waals surface area contributed by atoms with Gasteiger partial charge in [-0.15, -0.1) is 0 Å². The van der Waals surface area contributed by atoms with Crippen molar-refractivity contribution < 1.29 is 9.18 Å². The van der Waals surface area contributed by atoms with E-state index in [4.69, 9.17) is 0 Å². The Morgan fingerprint density at radius 3 is 2.73 bits per heavy atom. The van der Waals surface area contributed by atoms with Crippen LogP contribution in [-0.4, -0.2) is 24.9 Å². The fourth-order valence-electron chi connectivity index (χ4n) is 2.03. The second-order valence-electron chi connectivity index (χ2n) is 4.15. The Bertz CT molecular complexity index is 412. The van der Waals surface area contributed by atoms with E-state index in [2.05, 4.69) is 0 Å². The summed E-state index contributed by atoms with van der Waals surface area (Å²) in [7, 11) is 3.35. The zero-order valence-electron chi connectivity index (χ0n) is 9.01. The fourth-order valence-corrected chi connectivity index (χ4v) is 2.03. The maximum Gasteiger partial charge on any atom is 0.253 e. The zero-order chi connectivity index (χ0) is 11.0. The molecule has 0 fully saturated rings. The van der Waals surface area contributed by atoms with E-state index in [1.807, 2.05) is 6.07 Å². The number of halogens is 1. The van der Waals surface area contributed by atoms with Crippen LogP contribution in [0.5, 0.6) is 0 Å². The molecule has 0 unspecified atom stereocenters. The molecule has 1 aliphatic carbocycles. The van der Waals surface area contributed by atoms with Crippen LogP contribution in [0.2, 0.25) is 0 Å². The summed E-state index contributed by atoms with van der Waals surface area (Å²) in [6, 6.07) is 3.18. The number of aryl methyl sites for hydroxylation is 1. The average molecular weight is 207 g/mol. The fraction of sp³-hybridized carbons (Fsp3) is 0.417. The van der Waals surface area contributed by atoms with E-state index in [1.165, 1.54) is 11.0 Å². The van der Waals surface area contributed by atoms with Crippen molar-refractivity contribution in [3.05, 3.63) is 34.6 Å². The van der Waals surface area contributed by atoms with Gasteiger partial charge in [0, 0.05) is 19.7 Å². The molecule has 3 heteroatoms. The SMILES string of the molecule is CN(C)C(=O)c1cc(F)c2c(c1)CCC2. The molecular formula is C12H14FNO. The Morgan fingerprint density at radius 1 is 1.33 bits per heavy atom. The Kier molecular flexibility index (Phi) is 2.47. The van der Waals surface area contributed by atoms with Gasteiger partial charge in [0.25, 0.3) is 5.91 Å². The van der Waals surface area contributed by atoms with Gasteiger partial charge in [-0.2, -0.15) is 0 Å². The molecule has 15 heavy (non-hydrogen) atoms. The largest absolute Gasteiger partial charge is 0.345 e. The van der Waals surface area contributed by atoms with Gasteiger partial charge in [-0.3, -0.25) is 4.79 Å². The minimum Gasteiger partial charge on any atom is -0.345 e. The maximum absolute atomic E-state index is 13.6. The molecule has 1 aromatic rings. The lowest BCUT2D eigenvalue weighted by Crippen LogP contribution is -2.22. The first-order valence-electron chi connectivity index (χ1n) is 5.12.